The molecule has 2 aromatic carbocycles. The average Bonchev–Trinajstić information content (AvgIpc) is 3.54. The summed E-state index contributed by atoms with van der Waals surface area (Å²) in [4.78, 5) is 27.7. The van der Waals surface area contributed by atoms with Crippen molar-refractivity contribution >= 4 is 11.8 Å². The van der Waals surface area contributed by atoms with E-state index in [0.29, 0.717) is 51.8 Å². The van der Waals surface area contributed by atoms with Gasteiger partial charge in [-0.25, -0.2) is 4.79 Å². The Bertz CT molecular complexity index is 1500. The van der Waals surface area contributed by atoms with Gasteiger partial charge in [0.15, 0.2) is 17.3 Å². The molecule has 3 aromatic rings. The molecule has 1 aliphatic carbocycles. The molecule has 9 nitrogen and oxygen atoms in total. The van der Waals surface area contributed by atoms with Gasteiger partial charge < -0.3 is 33.4 Å². The maximum atomic E-state index is 13.9. The predicted molar refractivity (Wildman–Crippen MR) is 150 cm³/mol. The van der Waals surface area contributed by atoms with Gasteiger partial charge in [0.1, 0.15) is 23.9 Å². The number of ketones is 1. The predicted octanol–water partition coefficient (Wildman–Crippen LogP) is 5.42. The smallest absolute Gasteiger partial charge is 0.337 e. The molecular weight excluding hydrogens is 526 g/mol. The summed E-state index contributed by atoms with van der Waals surface area (Å²) >= 11 is 0. The first-order valence-electron chi connectivity index (χ1n) is 13.3. The third kappa shape index (κ3) is 5.39. The number of hydrogen-bond acceptors (Lipinski definition) is 9. The van der Waals surface area contributed by atoms with Crippen LogP contribution in [0, 0.1) is 0 Å². The van der Waals surface area contributed by atoms with Crippen LogP contribution < -0.4 is 24.3 Å². The van der Waals surface area contributed by atoms with Crippen LogP contribution in [-0.4, -0.2) is 40.2 Å². The molecule has 2 atom stereocenters. The van der Waals surface area contributed by atoms with Gasteiger partial charge >= 0.3 is 5.97 Å². The fraction of sp³-hybridized carbons (Fsp3) is 0.312. The third-order valence-electron chi connectivity index (χ3n) is 7.57. The Balaban J connectivity index is 1.58. The lowest BCUT2D eigenvalue weighted by Gasteiger charge is -2.36. The summed E-state index contributed by atoms with van der Waals surface area (Å²) in [5, 5.41) is 3.36. The van der Waals surface area contributed by atoms with E-state index in [1.807, 2.05) is 31.2 Å². The molecular formula is C32H33NO8. The molecule has 0 bridgehead atoms. The van der Waals surface area contributed by atoms with Crippen molar-refractivity contribution in [1.82, 2.24) is 5.32 Å². The number of esters is 1. The minimum absolute atomic E-state index is 0.0514. The quantitative estimate of drug-likeness (QED) is 0.344. The summed E-state index contributed by atoms with van der Waals surface area (Å²) in [7, 11) is 6.20. The SMILES string of the molecule is COc1ccc(COC(=O)C2=C(C)NC3=C(C(=O)CC(c4ccco4)C3)C2c2cc(OC)c(OC)cc2OC)cc1. The number of furan rings is 1. The average molecular weight is 560 g/mol. The molecule has 0 saturated heterocycles. The van der Waals surface area contributed by atoms with E-state index >= 15 is 0 Å². The summed E-state index contributed by atoms with van der Waals surface area (Å²) in [5.41, 5.74) is 3.57. The van der Waals surface area contributed by atoms with Gasteiger partial charge in [0.25, 0.3) is 0 Å². The number of methoxy groups -OCH3 is 4. The zero-order chi connectivity index (χ0) is 29.1. The molecule has 9 heteroatoms. The van der Waals surface area contributed by atoms with E-state index < -0.39 is 11.9 Å². The van der Waals surface area contributed by atoms with Gasteiger partial charge in [0.2, 0.25) is 0 Å². The number of carbonyl (C=O) groups is 2. The van der Waals surface area contributed by atoms with Crippen molar-refractivity contribution in [2.45, 2.75) is 38.2 Å². The van der Waals surface area contributed by atoms with E-state index in [1.165, 1.54) is 21.3 Å². The number of hydrogen-bond donors (Lipinski definition) is 1. The maximum absolute atomic E-state index is 13.9. The summed E-state index contributed by atoms with van der Waals surface area (Å²) in [6, 6.07) is 14.4. The van der Waals surface area contributed by atoms with Gasteiger partial charge in [-0.05, 0) is 49.2 Å². The van der Waals surface area contributed by atoms with Crippen LogP contribution in [0.5, 0.6) is 23.0 Å². The summed E-state index contributed by atoms with van der Waals surface area (Å²) in [6.45, 7) is 1.87. The van der Waals surface area contributed by atoms with Gasteiger partial charge in [-0.3, -0.25) is 4.79 Å². The van der Waals surface area contributed by atoms with E-state index in [9.17, 15) is 9.59 Å². The van der Waals surface area contributed by atoms with Crippen LogP contribution in [-0.2, 0) is 20.9 Å². The molecule has 41 heavy (non-hydrogen) atoms. The number of carbonyl (C=O) groups excluding carboxylic acids is 2. The third-order valence-corrected chi connectivity index (χ3v) is 7.57. The number of dihydropyridines is 1. The van der Waals surface area contributed by atoms with Crippen LogP contribution in [0.1, 0.15) is 48.5 Å². The lowest BCUT2D eigenvalue weighted by Crippen LogP contribution is -2.36. The summed E-state index contributed by atoms with van der Waals surface area (Å²) in [5.74, 6) is 1.32. The van der Waals surface area contributed by atoms with Gasteiger partial charge in [-0.2, -0.15) is 0 Å². The molecule has 2 aliphatic rings. The monoisotopic (exact) mass is 559 g/mol. The Morgan fingerprint density at radius 1 is 0.927 bits per heavy atom. The van der Waals surface area contributed by atoms with Gasteiger partial charge in [-0.1, -0.05) is 12.1 Å². The second kappa shape index (κ2) is 11.8. The number of allylic oxidation sites excluding steroid dienone is 3. The molecule has 214 valence electrons. The highest BCUT2D eigenvalue weighted by Crippen LogP contribution is 2.50. The lowest BCUT2D eigenvalue weighted by molar-refractivity contribution is -0.140. The minimum Gasteiger partial charge on any atom is -0.497 e. The zero-order valence-electron chi connectivity index (χ0n) is 23.7. The van der Waals surface area contributed by atoms with Crippen LogP contribution in [0.3, 0.4) is 0 Å². The van der Waals surface area contributed by atoms with E-state index in [1.54, 1.807) is 37.6 Å². The molecule has 2 unspecified atom stereocenters. The topological polar surface area (TPSA) is 105 Å². The highest BCUT2D eigenvalue weighted by molar-refractivity contribution is 6.04. The minimum atomic E-state index is -0.755. The first-order chi connectivity index (χ1) is 19.9. The van der Waals surface area contributed by atoms with Crippen LogP contribution in [0.15, 0.2) is 81.8 Å². The zero-order valence-corrected chi connectivity index (χ0v) is 23.7. The number of rotatable bonds is 9. The second-order valence-electron chi connectivity index (χ2n) is 9.91. The van der Waals surface area contributed by atoms with Crippen LogP contribution in [0.25, 0.3) is 0 Å². The van der Waals surface area contributed by atoms with Crippen LogP contribution in [0.4, 0.5) is 0 Å². The summed E-state index contributed by atoms with van der Waals surface area (Å²) < 4.78 is 33.5. The first kappa shape index (κ1) is 27.9. The van der Waals surface area contributed by atoms with E-state index in [0.717, 1.165) is 17.0 Å². The molecule has 0 spiro atoms. The van der Waals surface area contributed by atoms with Crippen molar-refractivity contribution in [3.8, 4) is 23.0 Å². The molecule has 1 aromatic heterocycles. The van der Waals surface area contributed by atoms with Gasteiger partial charge in [0.05, 0.1) is 46.2 Å². The highest BCUT2D eigenvalue weighted by atomic mass is 16.5. The molecule has 0 fully saturated rings. The number of nitrogens with one attached hydrogen (secondary N) is 1. The Morgan fingerprint density at radius 3 is 2.27 bits per heavy atom. The Kier molecular flexibility index (Phi) is 8.05. The Morgan fingerprint density at radius 2 is 1.63 bits per heavy atom. The second-order valence-corrected chi connectivity index (χ2v) is 9.91. The van der Waals surface area contributed by atoms with Crippen molar-refractivity contribution in [2.75, 3.05) is 28.4 Å². The first-order valence-corrected chi connectivity index (χ1v) is 13.3. The number of ether oxygens (including phenoxy) is 5. The molecule has 0 amide bonds. The van der Waals surface area contributed by atoms with Crippen LogP contribution in [0.2, 0.25) is 0 Å². The maximum Gasteiger partial charge on any atom is 0.337 e. The van der Waals surface area contributed by atoms with Crippen molar-refractivity contribution in [2.24, 2.45) is 0 Å². The standard InChI is InChI=1S/C32H33NO8/c1-18-29(32(35)41-17-19-8-10-21(36-2)11-9-19)30(22-15-27(38-4)28(39-5)16-26(22)37-3)31-23(33-18)13-20(14-24(31)34)25-7-6-12-40-25/h6-12,15-16,20,30,33H,13-14,17H2,1-5H3. The van der Waals surface area contributed by atoms with Gasteiger partial charge in [-0.15, -0.1) is 0 Å². The largest absolute Gasteiger partial charge is 0.497 e. The molecule has 0 saturated carbocycles. The Labute approximate surface area is 238 Å². The van der Waals surface area contributed by atoms with E-state index in [-0.39, 0.29) is 24.7 Å². The fourth-order valence-corrected chi connectivity index (χ4v) is 5.57. The van der Waals surface area contributed by atoms with Crippen molar-refractivity contribution < 1.29 is 37.7 Å². The molecule has 0 radical (unpaired) electrons. The number of Topliss-reactive ketones (excluding diaryl/α,β-unsaturated/α-hetero) is 1. The normalized spacial score (nSPS) is 18.4. The van der Waals surface area contributed by atoms with Crippen molar-refractivity contribution in [1.29, 1.82) is 0 Å². The number of benzene rings is 2. The van der Waals surface area contributed by atoms with E-state index in [2.05, 4.69) is 5.32 Å². The van der Waals surface area contributed by atoms with Crippen molar-refractivity contribution in [3.05, 3.63) is 94.2 Å². The Hall–Kier alpha value is -4.66. The molecule has 2 heterocycles. The lowest BCUT2D eigenvalue weighted by atomic mass is 9.72. The molecule has 5 rings (SSSR count). The fourth-order valence-electron chi connectivity index (χ4n) is 5.57. The molecule has 1 aliphatic heterocycles. The summed E-state index contributed by atoms with van der Waals surface area (Å²) in [6.07, 6.45) is 2.40. The highest BCUT2D eigenvalue weighted by Gasteiger charge is 2.43. The van der Waals surface area contributed by atoms with Crippen LogP contribution >= 0.6 is 0 Å². The van der Waals surface area contributed by atoms with Crippen molar-refractivity contribution in [3.63, 3.8) is 0 Å². The van der Waals surface area contributed by atoms with Gasteiger partial charge in [0, 0.05) is 40.9 Å². The van der Waals surface area contributed by atoms with E-state index in [4.69, 9.17) is 28.1 Å². The molecule has 1 N–H and O–H groups in total.